The van der Waals surface area contributed by atoms with E-state index in [1.54, 1.807) is 30.5 Å². The number of anilines is 1. The number of carboxylic acids is 1. The molecule has 0 aliphatic heterocycles. The second-order valence-corrected chi connectivity index (χ2v) is 8.53. The number of aryl methyl sites for hydroxylation is 1. The van der Waals surface area contributed by atoms with E-state index in [9.17, 15) is 29.0 Å². The van der Waals surface area contributed by atoms with E-state index >= 15 is 0 Å². The molecule has 9 nitrogen and oxygen atoms in total. The largest absolute Gasteiger partial charge is 1.00 e. The third kappa shape index (κ3) is 9.77. The van der Waals surface area contributed by atoms with Crippen molar-refractivity contribution in [3.8, 4) is 16.9 Å². The van der Waals surface area contributed by atoms with Crippen LogP contribution in [0.3, 0.4) is 0 Å². The van der Waals surface area contributed by atoms with Crippen LogP contribution in [0.5, 0.6) is 5.75 Å². The van der Waals surface area contributed by atoms with Gasteiger partial charge in [-0.1, -0.05) is 18.2 Å². The van der Waals surface area contributed by atoms with Crippen molar-refractivity contribution in [1.82, 2.24) is 15.6 Å². The fourth-order valence-corrected chi connectivity index (χ4v) is 3.71. The number of nitrogens with zero attached hydrogens (tertiary/aromatic N) is 1. The van der Waals surface area contributed by atoms with Crippen molar-refractivity contribution < 1.29 is 60.0 Å². The first-order chi connectivity index (χ1) is 17.7. The number of aromatic nitrogens is 1. The van der Waals surface area contributed by atoms with Gasteiger partial charge in [-0.2, -0.15) is 0 Å². The number of aromatic hydroxyl groups is 1. The van der Waals surface area contributed by atoms with Crippen LogP contribution in [0.25, 0.3) is 11.1 Å². The number of hydrogen-bond acceptors (Lipinski definition) is 6. The van der Waals surface area contributed by atoms with E-state index in [4.69, 9.17) is 0 Å². The zero-order valence-electron chi connectivity index (χ0n) is 22.3. The average molecular weight is 533 g/mol. The molecule has 0 bridgehead atoms. The van der Waals surface area contributed by atoms with Crippen molar-refractivity contribution in [3.63, 3.8) is 0 Å². The standard InChI is InChI=1S/C27H29FN4O5.Na.H/c1-17-9-11-30-24(12-17)29-10-3-6-25(34)31-16-26(35)32-22(15-27(36)37)19-5-2-4-18(13-19)21-8-7-20(28)14-23(21)33;;/h2,4-5,7-9,11-14,22,33H,3,6,10,15-16H2,1H3,(H,29,30)(H,31,34)(H,32,35)(H,36,37);;/q;+1;-1. The molecule has 0 fully saturated rings. The predicted octanol–water partition coefficient (Wildman–Crippen LogP) is 0.659. The fraction of sp³-hybridized carbons (Fsp3) is 0.259. The average Bonchev–Trinajstić information content (AvgIpc) is 2.85. The number of carbonyl (C=O) groups is 3. The first-order valence-electron chi connectivity index (χ1n) is 11.7. The van der Waals surface area contributed by atoms with Crippen molar-refractivity contribution >= 4 is 23.6 Å². The molecule has 2 aromatic carbocycles. The van der Waals surface area contributed by atoms with Crippen molar-refractivity contribution in [1.29, 1.82) is 0 Å². The topological polar surface area (TPSA) is 141 Å². The Balaban J connectivity index is 0.00000380. The minimum absolute atomic E-state index is 0. The molecule has 38 heavy (non-hydrogen) atoms. The maximum atomic E-state index is 13.3. The summed E-state index contributed by atoms with van der Waals surface area (Å²) in [7, 11) is 0. The Labute approximate surface area is 243 Å². The number of phenolic OH excluding ortho intramolecular Hbond substituents is 1. The molecule has 0 aliphatic carbocycles. The number of carbonyl (C=O) groups excluding carboxylic acids is 2. The summed E-state index contributed by atoms with van der Waals surface area (Å²) >= 11 is 0. The minimum Gasteiger partial charge on any atom is -1.00 e. The van der Waals surface area contributed by atoms with Crippen molar-refractivity contribution in [2.24, 2.45) is 0 Å². The summed E-state index contributed by atoms with van der Waals surface area (Å²) in [6, 6.07) is 13.1. The number of aliphatic carboxylic acids is 1. The molecule has 1 aromatic heterocycles. The maximum absolute atomic E-state index is 13.3. The Morgan fingerprint density at radius 3 is 2.58 bits per heavy atom. The maximum Gasteiger partial charge on any atom is 1.00 e. The quantitative estimate of drug-likeness (QED) is 0.171. The first kappa shape index (κ1) is 30.8. The van der Waals surface area contributed by atoms with Crippen LogP contribution in [0.15, 0.2) is 60.8 Å². The van der Waals surface area contributed by atoms with E-state index in [1.807, 2.05) is 19.1 Å². The fourth-order valence-electron chi connectivity index (χ4n) is 3.71. The third-order valence-corrected chi connectivity index (χ3v) is 5.52. The Morgan fingerprint density at radius 2 is 1.87 bits per heavy atom. The van der Waals surface area contributed by atoms with Crippen LogP contribution in [0.2, 0.25) is 0 Å². The number of carboxylic acid groups (broad SMARTS) is 1. The predicted molar refractivity (Wildman–Crippen MR) is 137 cm³/mol. The summed E-state index contributed by atoms with van der Waals surface area (Å²) in [4.78, 5) is 40.2. The minimum atomic E-state index is -1.13. The van der Waals surface area contributed by atoms with Crippen LogP contribution >= 0.6 is 0 Å². The Bertz CT molecular complexity index is 1280. The summed E-state index contributed by atoms with van der Waals surface area (Å²) in [5, 5.41) is 27.7. The molecule has 5 N–H and O–H groups in total. The molecule has 0 spiro atoms. The molecular formula is C27H30FN4NaO5. The second kappa shape index (κ2) is 15.1. The monoisotopic (exact) mass is 532 g/mol. The number of hydrogen-bond donors (Lipinski definition) is 5. The zero-order chi connectivity index (χ0) is 26.8. The van der Waals surface area contributed by atoms with E-state index < -0.39 is 30.2 Å². The van der Waals surface area contributed by atoms with Gasteiger partial charge < -0.3 is 27.6 Å². The van der Waals surface area contributed by atoms with Crippen LogP contribution in [-0.2, 0) is 14.4 Å². The number of halogens is 1. The summed E-state index contributed by atoms with van der Waals surface area (Å²) < 4.78 is 13.3. The number of amides is 2. The summed E-state index contributed by atoms with van der Waals surface area (Å²) in [5.74, 6) is -2.10. The van der Waals surface area contributed by atoms with Crippen LogP contribution in [0.4, 0.5) is 10.2 Å². The van der Waals surface area contributed by atoms with Crippen molar-refractivity contribution in [2.75, 3.05) is 18.4 Å². The van der Waals surface area contributed by atoms with Crippen LogP contribution in [-0.4, -0.2) is 46.1 Å². The normalized spacial score (nSPS) is 11.1. The Morgan fingerprint density at radius 1 is 1.08 bits per heavy atom. The van der Waals surface area contributed by atoms with Crippen LogP contribution in [0.1, 0.15) is 37.9 Å². The van der Waals surface area contributed by atoms with Gasteiger partial charge in [0.1, 0.15) is 17.4 Å². The summed E-state index contributed by atoms with van der Waals surface area (Å²) in [6.45, 7) is 2.19. The number of rotatable bonds is 12. The van der Waals surface area contributed by atoms with Gasteiger partial charge in [-0.15, -0.1) is 0 Å². The van der Waals surface area contributed by atoms with E-state index in [0.29, 0.717) is 29.7 Å². The zero-order valence-corrected chi connectivity index (χ0v) is 23.3. The summed E-state index contributed by atoms with van der Waals surface area (Å²) in [6.07, 6.45) is 2.04. The molecule has 1 atom stereocenters. The molecule has 0 saturated carbocycles. The Hall–Kier alpha value is -3.47. The molecule has 3 rings (SSSR count). The molecule has 3 aromatic rings. The molecular weight excluding hydrogens is 502 g/mol. The van der Waals surface area contributed by atoms with Gasteiger partial charge in [-0.25, -0.2) is 9.37 Å². The van der Waals surface area contributed by atoms with Gasteiger partial charge in [0.15, 0.2) is 0 Å². The molecule has 1 heterocycles. The molecule has 0 aliphatic rings. The van der Waals surface area contributed by atoms with Gasteiger partial charge in [0, 0.05) is 30.8 Å². The molecule has 11 heteroatoms. The van der Waals surface area contributed by atoms with E-state index in [2.05, 4.69) is 20.9 Å². The molecule has 1 unspecified atom stereocenters. The van der Waals surface area contributed by atoms with Crippen molar-refractivity contribution in [2.45, 2.75) is 32.2 Å². The van der Waals surface area contributed by atoms with Crippen LogP contribution in [0, 0.1) is 12.7 Å². The van der Waals surface area contributed by atoms with Gasteiger partial charge in [0.2, 0.25) is 11.8 Å². The number of pyridine rings is 1. The third-order valence-electron chi connectivity index (χ3n) is 5.52. The molecule has 2 amide bonds. The van der Waals surface area contributed by atoms with E-state index in [0.717, 1.165) is 17.4 Å². The molecule has 0 saturated heterocycles. The van der Waals surface area contributed by atoms with Gasteiger partial charge in [-0.3, -0.25) is 14.4 Å². The molecule has 196 valence electrons. The Kier molecular flexibility index (Phi) is 12.2. The number of nitrogens with one attached hydrogen (secondary N) is 3. The number of benzene rings is 2. The van der Waals surface area contributed by atoms with Crippen LogP contribution < -0.4 is 45.5 Å². The SMILES string of the molecule is Cc1ccnc(NCCCC(=O)NCC(=O)NC(CC(=O)O)c2cccc(-c3ccc(F)cc3O)c2)c1.[H-].[Na+]. The van der Waals surface area contributed by atoms with Gasteiger partial charge in [-0.05, 0) is 60.4 Å². The second-order valence-electron chi connectivity index (χ2n) is 8.53. The smallest absolute Gasteiger partial charge is 1.00 e. The van der Waals surface area contributed by atoms with E-state index in [1.165, 1.54) is 12.1 Å². The number of phenols is 1. The van der Waals surface area contributed by atoms with Crippen molar-refractivity contribution in [3.05, 3.63) is 77.7 Å². The molecule has 0 radical (unpaired) electrons. The van der Waals surface area contributed by atoms with E-state index in [-0.39, 0.29) is 55.6 Å². The first-order valence-corrected chi connectivity index (χ1v) is 11.7. The van der Waals surface area contributed by atoms with Gasteiger partial charge >= 0.3 is 35.5 Å². The van der Waals surface area contributed by atoms with Gasteiger partial charge in [0.25, 0.3) is 0 Å². The summed E-state index contributed by atoms with van der Waals surface area (Å²) in [5.41, 5.74) is 2.45. The van der Waals surface area contributed by atoms with Gasteiger partial charge in [0.05, 0.1) is 19.0 Å².